The second kappa shape index (κ2) is 5.32. The van der Waals surface area contributed by atoms with Gasteiger partial charge in [-0.3, -0.25) is 0 Å². The average Bonchev–Trinajstić information content (AvgIpc) is 2.91. The molecule has 0 radical (unpaired) electrons. The van der Waals surface area contributed by atoms with Crippen LogP contribution in [-0.2, 0) is 0 Å². The first-order valence-electron chi connectivity index (χ1n) is 6.66. The van der Waals surface area contributed by atoms with E-state index in [1.807, 2.05) is 24.0 Å². The Bertz CT molecular complexity index is 575. The highest BCUT2D eigenvalue weighted by atomic mass is 32.2. The number of hydrogen-bond acceptors (Lipinski definition) is 6. The molecule has 0 aromatic carbocycles. The lowest BCUT2D eigenvalue weighted by Gasteiger charge is -2.35. The van der Waals surface area contributed by atoms with Gasteiger partial charge in [-0.2, -0.15) is 16.9 Å². The zero-order chi connectivity index (χ0) is 14.1. The molecule has 0 aliphatic carbocycles. The van der Waals surface area contributed by atoms with Crippen molar-refractivity contribution in [2.75, 3.05) is 23.7 Å². The molecule has 0 amide bonds. The number of anilines is 2. The fraction of sp³-hybridized carbons (Fsp3) is 0.462. The van der Waals surface area contributed by atoms with Crippen LogP contribution < -0.4 is 10.6 Å². The molecule has 1 fully saturated rings. The SMILES string of the molecule is C[C@@H]1CN(c2ncnc(-n3cccn3)c2N)C[C@@H](C)S1. The maximum Gasteiger partial charge on any atom is 0.181 e. The summed E-state index contributed by atoms with van der Waals surface area (Å²) in [7, 11) is 0. The van der Waals surface area contributed by atoms with Crippen LogP contribution >= 0.6 is 11.8 Å². The molecular formula is C13H18N6S. The second-order valence-corrected chi connectivity index (χ2v) is 6.93. The van der Waals surface area contributed by atoms with Crippen LogP contribution in [0.5, 0.6) is 0 Å². The van der Waals surface area contributed by atoms with E-state index in [0.717, 1.165) is 18.9 Å². The Kier molecular flexibility index (Phi) is 3.52. The van der Waals surface area contributed by atoms with E-state index in [1.165, 1.54) is 0 Å². The fourth-order valence-electron chi connectivity index (χ4n) is 2.56. The van der Waals surface area contributed by atoms with E-state index < -0.39 is 0 Å². The summed E-state index contributed by atoms with van der Waals surface area (Å²) in [5, 5.41) is 5.33. The van der Waals surface area contributed by atoms with Crippen molar-refractivity contribution in [3.8, 4) is 5.82 Å². The molecule has 1 aliphatic heterocycles. The van der Waals surface area contributed by atoms with E-state index >= 15 is 0 Å². The zero-order valence-corrected chi connectivity index (χ0v) is 12.4. The van der Waals surface area contributed by atoms with Gasteiger partial charge in [-0.05, 0) is 6.07 Å². The van der Waals surface area contributed by atoms with Gasteiger partial charge in [0, 0.05) is 36.0 Å². The largest absolute Gasteiger partial charge is 0.393 e. The predicted octanol–water partition coefficient (Wildman–Crippen LogP) is 1.57. The first-order valence-corrected chi connectivity index (χ1v) is 7.60. The molecule has 0 bridgehead atoms. The third kappa shape index (κ3) is 2.45. The van der Waals surface area contributed by atoms with Crippen LogP contribution in [-0.4, -0.2) is 43.3 Å². The zero-order valence-electron chi connectivity index (χ0n) is 11.6. The lowest BCUT2D eigenvalue weighted by atomic mass is 10.3. The summed E-state index contributed by atoms with van der Waals surface area (Å²) < 4.78 is 1.67. The number of nitrogen functional groups attached to an aromatic ring is 1. The van der Waals surface area contributed by atoms with Crippen molar-refractivity contribution >= 4 is 23.3 Å². The van der Waals surface area contributed by atoms with E-state index in [2.05, 4.69) is 33.8 Å². The van der Waals surface area contributed by atoms with Crippen molar-refractivity contribution in [1.29, 1.82) is 0 Å². The fourth-order valence-corrected chi connectivity index (χ4v) is 3.88. The summed E-state index contributed by atoms with van der Waals surface area (Å²) in [6.45, 7) is 6.38. The van der Waals surface area contributed by atoms with E-state index in [1.54, 1.807) is 17.2 Å². The number of rotatable bonds is 2. The Hall–Kier alpha value is -1.76. The molecule has 0 spiro atoms. The Labute approximate surface area is 122 Å². The van der Waals surface area contributed by atoms with Gasteiger partial charge in [0.2, 0.25) is 0 Å². The summed E-state index contributed by atoms with van der Waals surface area (Å²) in [4.78, 5) is 10.9. The van der Waals surface area contributed by atoms with E-state index in [-0.39, 0.29) is 0 Å². The normalized spacial score (nSPS) is 23.0. The summed E-state index contributed by atoms with van der Waals surface area (Å²) in [6, 6.07) is 1.85. The van der Waals surface area contributed by atoms with Gasteiger partial charge < -0.3 is 10.6 Å². The lowest BCUT2D eigenvalue weighted by Crippen LogP contribution is -2.41. The van der Waals surface area contributed by atoms with Gasteiger partial charge in [-0.25, -0.2) is 14.6 Å². The quantitative estimate of drug-likeness (QED) is 0.905. The second-order valence-electron chi connectivity index (χ2n) is 5.05. The predicted molar refractivity (Wildman–Crippen MR) is 82.3 cm³/mol. The number of hydrogen-bond donors (Lipinski definition) is 1. The van der Waals surface area contributed by atoms with Gasteiger partial charge in [0.05, 0.1) is 0 Å². The highest BCUT2D eigenvalue weighted by molar-refractivity contribution is 8.00. The molecule has 2 N–H and O–H groups in total. The molecule has 2 aromatic rings. The van der Waals surface area contributed by atoms with Gasteiger partial charge in [-0.1, -0.05) is 13.8 Å². The van der Waals surface area contributed by atoms with E-state index in [4.69, 9.17) is 5.73 Å². The number of aromatic nitrogens is 4. The lowest BCUT2D eigenvalue weighted by molar-refractivity contribution is 0.716. The van der Waals surface area contributed by atoms with Crippen LogP contribution in [0.1, 0.15) is 13.8 Å². The first-order chi connectivity index (χ1) is 9.65. The Morgan fingerprint density at radius 1 is 1.20 bits per heavy atom. The molecule has 7 heteroatoms. The van der Waals surface area contributed by atoms with E-state index in [0.29, 0.717) is 22.0 Å². The molecule has 2 atom stereocenters. The highest BCUT2D eigenvalue weighted by Crippen LogP contribution is 2.31. The molecule has 3 rings (SSSR count). The van der Waals surface area contributed by atoms with Crippen LogP contribution in [0.25, 0.3) is 5.82 Å². The van der Waals surface area contributed by atoms with Gasteiger partial charge >= 0.3 is 0 Å². The Balaban J connectivity index is 1.96. The molecule has 1 saturated heterocycles. The molecule has 2 aromatic heterocycles. The summed E-state index contributed by atoms with van der Waals surface area (Å²) in [5.41, 5.74) is 6.85. The molecule has 0 unspecified atom stereocenters. The maximum atomic E-state index is 6.26. The van der Waals surface area contributed by atoms with Crippen LogP contribution in [0.2, 0.25) is 0 Å². The summed E-state index contributed by atoms with van der Waals surface area (Å²) in [6.07, 6.45) is 5.10. The number of nitrogens with zero attached hydrogens (tertiary/aromatic N) is 5. The molecule has 6 nitrogen and oxygen atoms in total. The number of thioether (sulfide) groups is 1. The van der Waals surface area contributed by atoms with Crippen molar-refractivity contribution in [3.63, 3.8) is 0 Å². The summed E-state index contributed by atoms with van der Waals surface area (Å²) in [5.74, 6) is 1.45. The van der Waals surface area contributed by atoms with Crippen LogP contribution in [0.15, 0.2) is 24.8 Å². The van der Waals surface area contributed by atoms with Crippen LogP contribution in [0.3, 0.4) is 0 Å². The Morgan fingerprint density at radius 2 is 1.90 bits per heavy atom. The van der Waals surface area contributed by atoms with Gasteiger partial charge in [0.25, 0.3) is 0 Å². The first kappa shape index (κ1) is 13.2. The molecule has 1 aliphatic rings. The minimum atomic E-state index is 0.571. The van der Waals surface area contributed by atoms with Crippen molar-refractivity contribution in [2.24, 2.45) is 0 Å². The third-order valence-electron chi connectivity index (χ3n) is 3.28. The molecule has 106 valence electrons. The van der Waals surface area contributed by atoms with Gasteiger partial charge in [-0.15, -0.1) is 0 Å². The molecule has 0 saturated carbocycles. The van der Waals surface area contributed by atoms with Gasteiger partial charge in [0.1, 0.15) is 12.0 Å². The van der Waals surface area contributed by atoms with E-state index in [9.17, 15) is 0 Å². The topological polar surface area (TPSA) is 72.9 Å². The van der Waals surface area contributed by atoms with Crippen molar-refractivity contribution < 1.29 is 0 Å². The van der Waals surface area contributed by atoms with Crippen molar-refractivity contribution in [1.82, 2.24) is 19.7 Å². The number of nitrogens with two attached hydrogens (primary N) is 1. The highest BCUT2D eigenvalue weighted by Gasteiger charge is 2.25. The minimum absolute atomic E-state index is 0.571. The molecule has 20 heavy (non-hydrogen) atoms. The summed E-state index contributed by atoms with van der Waals surface area (Å²) >= 11 is 2.00. The smallest absolute Gasteiger partial charge is 0.181 e. The van der Waals surface area contributed by atoms with Gasteiger partial charge in [0.15, 0.2) is 11.6 Å². The Morgan fingerprint density at radius 3 is 2.55 bits per heavy atom. The standard InChI is InChI=1S/C13H18N6S/c1-9-6-18(7-10(2)20-9)12-11(14)13(16-8-15-12)19-5-3-4-17-19/h3-5,8-10H,6-7,14H2,1-2H3/t9-,10-/m1/s1. The van der Waals surface area contributed by atoms with Crippen LogP contribution in [0, 0.1) is 0 Å². The average molecular weight is 290 g/mol. The maximum absolute atomic E-state index is 6.26. The van der Waals surface area contributed by atoms with Crippen molar-refractivity contribution in [2.45, 2.75) is 24.3 Å². The third-order valence-corrected chi connectivity index (χ3v) is 4.51. The molecule has 3 heterocycles. The minimum Gasteiger partial charge on any atom is -0.393 e. The molecular weight excluding hydrogens is 272 g/mol. The monoisotopic (exact) mass is 290 g/mol. The van der Waals surface area contributed by atoms with Crippen molar-refractivity contribution in [3.05, 3.63) is 24.8 Å². The van der Waals surface area contributed by atoms with Crippen LogP contribution in [0.4, 0.5) is 11.5 Å².